The van der Waals surface area contributed by atoms with Crippen LogP contribution in [0.2, 0.25) is 0 Å². The lowest BCUT2D eigenvalue weighted by atomic mass is 9.96. The SMILES string of the molecule is Cc1nc(C(C)(C)C)n2c(N)cccc12. The molecule has 0 radical (unpaired) electrons. The Morgan fingerprint density at radius 3 is 2.53 bits per heavy atom. The molecule has 0 saturated carbocycles. The number of aryl methyl sites for hydroxylation is 1. The van der Waals surface area contributed by atoms with Crippen LogP contribution in [-0.4, -0.2) is 9.38 Å². The van der Waals surface area contributed by atoms with Crippen molar-refractivity contribution in [1.82, 2.24) is 9.38 Å². The maximum atomic E-state index is 5.99. The van der Waals surface area contributed by atoms with E-state index in [1.807, 2.05) is 29.5 Å². The van der Waals surface area contributed by atoms with Crippen molar-refractivity contribution in [3.8, 4) is 0 Å². The van der Waals surface area contributed by atoms with Gasteiger partial charge in [-0.25, -0.2) is 4.98 Å². The summed E-state index contributed by atoms with van der Waals surface area (Å²) in [6.07, 6.45) is 0. The quantitative estimate of drug-likeness (QED) is 0.715. The monoisotopic (exact) mass is 203 g/mol. The lowest BCUT2D eigenvalue weighted by molar-refractivity contribution is 0.543. The summed E-state index contributed by atoms with van der Waals surface area (Å²) in [6, 6.07) is 5.92. The number of nitrogens with two attached hydrogens (primary N) is 1. The molecule has 80 valence electrons. The zero-order chi connectivity index (χ0) is 11.2. The number of hydrogen-bond donors (Lipinski definition) is 1. The van der Waals surface area contributed by atoms with Crippen LogP contribution in [0.5, 0.6) is 0 Å². The third-order valence-electron chi connectivity index (χ3n) is 2.55. The summed E-state index contributed by atoms with van der Waals surface area (Å²) in [6.45, 7) is 8.46. The minimum Gasteiger partial charge on any atom is -0.385 e. The second kappa shape index (κ2) is 2.99. The molecule has 0 unspecified atom stereocenters. The highest BCUT2D eigenvalue weighted by Crippen LogP contribution is 2.26. The molecule has 0 amide bonds. The zero-order valence-corrected chi connectivity index (χ0v) is 9.70. The Balaban J connectivity index is 2.88. The van der Waals surface area contributed by atoms with Crippen LogP contribution in [0.25, 0.3) is 5.52 Å². The van der Waals surface area contributed by atoms with Crippen LogP contribution < -0.4 is 5.73 Å². The summed E-state index contributed by atoms with van der Waals surface area (Å²) in [5.41, 5.74) is 8.13. The van der Waals surface area contributed by atoms with Crippen molar-refractivity contribution in [1.29, 1.82) is 0 Å². The molecule has 2 aromatic heterocycles. The van der Waals surface area contributed by atoms with E-state index in [2.05, 4.69) is 25.8 Å². The number of nitrogen functional groups attached to an aromatic ring is 1. The average Bonchev–Trinajstić information content (AvgIpc) is 2.45. The maximum absolute atomic E-state index is 5.99. The largest absolute Gasteiger partial charge is 0.385 e. The van der Waals surface area contributed by atoms with Gasteiger partial charge in [-0.05, 0) is 19.1 Å². The highest BCUT2D eigenvalue weighted by Gasteiger charge is 2.22. The van der Waals surface area contributed by atoms with Crippen molar-refractivity contribution in [2.75, 3.05) is 5.73 Å². The molecule has 2 rings (SSSR count). The second-order valence-electron chi connectivity index (χ2n) is 4.94. The van der Waals surface area contributed by atoms with E-state index in [9.17, 15) is 0 Å². The lowest BCUT2D eigenvalue weighted by Gasteiger charge is -2.17. The predicted molar refractivity (Wildman–Crippen MR) is 63.0 cm³/mol. The van der Waals surface area contributed by atoms with Gasteiger partial charge in [0.1, 0.15) is 11.6 Å². The van der Waals surface area contributed by atoms with Gasteiger partial charge in [-0.3, -0.25) is 4.40 Å². The standard InChI is InChI=1S/C12H17N3/c1-8-9-6-5-7-10(13)15(9)11(14-8)12(2,3)4/h5-7H,13H2,1-4H3. The number of fused-ring (bicyclic) bond motifs is 1. The molecule has 2 N–H and O–H groups in total. The van der Waals surface area contributed by atoms with E-state index in [1.54, 1.807) is 0 Å². The molecule has 0 bridgehead atoms. The fourth-order valence-corrected chi connectivity index (χ4v) is 1.81. The average molecular weight is 203 g/mol. The second-order valence-corrected chi connectivity index (χ2v) is 4.94. The minimum absolute atomic E-state index is 0.00660. The summed E-state index contributed by atoms with van der Waals surface area (Å²) in [4.78, 5) is 4.60. The van der Waals surface area contributed by atoms with Crippen molar-refractivity contribution >= 4 is 11.3 Å². The normalized spacial score (nSPS) is 12.3. The fraction of sp³-hybridized carbons (Fsp3) is 0.417. The molecule has 0 aliphatic rings. The molecular formula is C12H17N3. The first-order chi connectivity index (χ1) is 6.91. The van der Waals surface area contributed by atoms with Gasteiger partial charge in [0, 0.05) is 5.41 Å². The van der Waals surface area contributed by atoms with Crippen LogP contribution in [-0.2, 0) is 5.41 Å². The van der Waals surface area contributed by atoms with Gasteiger partial charge < -0.3 is 5.73 Å². The molecular weight excluding hydrogens is 186 g/mol. The van der Waals surface area contributed by atoms with E-state index >= 15 is 0 Å². The van der Waals surface area contributed by atoms with E-state index in [-0.39, 0.29) is 5.41 Å². The van der Waals surface area contributed by atoms with Crippen molar-refractivity contribution in [2.24, 2.45) is 0 Å². The number of anilines is 1. The molecule has 3 heteroatoms. The van der Waals surface area contributed by atoms with Gasteiger partial charge in [-0.2, -0.15) is 0 Å². The molecule has 0 atom stereocenters. The number of nitrogens with zero attached hydrogens (tertiary/aromatic N) is 2. The number of hydrogen-bond acceptors (Lipinski definition) is 2. The molecule has 2 heterocycles. The molecule has 15 heavy (non-hydrogen) atoms. The van der Waals surface area contributed by atoms with Crippen molar-refractivity contribution < 1.29 is 0 Å². The highest BCUT2D eigenvalue weighted by molar-refractivity contribution is 5.58. The van der Waals surface area contributed by atoms with Gasteiger partial charge >= 0.3 is 0 Å². The smallest absolute Gasteiger partial charge is 0.120 e. The van der Waals surface area contributed by atoms with E-state index in [1.165, 1.54) is 0 Å². The Kier molecular flexibility index (Phi) is 2.00. The Morgan fingerprint density at radius 1 is 1.27 bits per heavy atom. The summed E-state index contributed by atoms with van der Waals surface area (Å²) in [5, 5.41) is 0. The summed E-state index contributed by atoms with van der Waals surface area (Å²) >= 11 is 0. The van der Waals surface area contributed by atoms with E-state index < -0.39 is 0 Å². The van der Waals surface area contributed by atoms with Gasteiger partial charge in [0.15, 0.2) is 0 Å². The van der Waals surface area contributed by atoms with Gasteiger partial charge in [-0.15, -0.1) is 0 Å². The first-order valence-electron chi connectivity index (χ1n) is 5.15. The molecule has 0 aliphatic carbocycles. The van der Waals surface area contributed by atoms with Crippen LogP contribution in [0, 0.1) is 6.92 Å². The van der Waals surface area contributed by atoms with Crippen molar-refractivity contribution in [2.45, 2.75) is 33.1 Å². The summed E-state index contributed by atoms with van der Waals surface area (Å²) < 4.78 is 2.04. The molecule has 2 aromatic rings. The molecule has 0 fully saturated rings. The van der Waals surface area contributed by atoms with Gasteiger partial charge in [-0.1, -0.05) is 26.8 Å². The van der Waals surface area contributed by atoms with E-state index in [0.29, 0.717) is 0 Å². The van der Waals surface area contributed by atoms with Crippen LogP contribution in [0.1, 0.15) is 32.3 Å². The fourth-order valence-electron chi connectivity index (χ4n) is 1.81. The van der Waals surface area contributed by atoms with E-state index in [0.717, 1.165) is 22.9 Å². The van der Waals surface area contributed by atoms with Crippen molar-refractivity contribution in [3.63, 3.8) is 0 Å². The van der Waals surface area contributed by atoms with Gasteiger partial charge in [0.2, 0.25) is 0 Å². The number of imidazole rings is 1. The van der Waals surface area contributed by atoms with Gasteiger partial charge in [0.05, 0.1) is 11.2 Å². The van der Waals surface area contributed by atoms with E-state index in [4.69, 9.17) is 5.73 Å². The lowest BCUT2D eigenvalue weighted by Crippen LogP contribution is -2.17. The molecule has 0 spiro atoms. The van der Waals surface area contributed by atoms with Crippen LogP contribution in [0.4, 0.5) is 5.82 Å². The molecule has 0 aromatic carbocycles. The Hall–Kier alpha value is -1.51. The van der Waals surface area contributed by atoms with Gasteiger partial charge in [0.25, 0.3) is 0 Å². The van der Waals surface area contributed by atoms with Crippen LogP contribution in [0.3, 0.4) is 0 Å². The highest BCUT2D eigenvalue weighted by atomic mass is 15.1. The third-order valence-corrected chi connectivity index (χ3v) is 2.55. The van der Waals surface area contributed by atoms with Crippen molar-refractivity contribution in [3.05, 3.63) is 29.7 Å². The number of rotatable bonds is 0. The third kappa shape index (κ3) is 1.48. The number of aromatic nitrogens is 2. The van der Waals surface area contributed by atoms with Crippen LogP contribution >= 0.6 is 0 Å². The zero-order valence-electron chi connectivity index (χ0n) is 9.70. The predicted octanol–water partition coefficient (Wildman–Crippen LogP) is 2.52. The first-order valence-corrected chi connectivity index (χ1v) is 5.15. The maximum Gasteiger partial charge on any atom is 0.120 e. The molecule has 0 aliphatic heterocycles. The Morgan fingerprint density at radius 2 is 1.93 bits per heavy atom. The van der Waals surface area contributed by atoms with Crippen LogP contribution in [0.15, 0.2) is 18.2 Å². The number of pyridine rings is 1. The topological polar surface area (TPSA) is 43.3 Å². The Labute approximate surface area is 89.9 Å². The molecule has 0 saturated heterocycles. The summed E-state index contributed by atoms with van der Waals surface area (Å²) in [5.74, 6) is 1.77. The molecule has 3 nitrogen and oxygen atoms in total. The minimum atomic E-state index is 0.00660. The Bertz CT molecular complexity index is 503. The summed E-state index contributed by atoms with van der Waals surface area (Å²) in [7, 11) is 0. The first kappa shape index (κ1) is 10.0.